The highest BCUT2D eigenvalue weighted by molar-refractivity contribution is 7.89. The molecular weight excluding hydrogens is 298 g/mol. The molecule has 0 fully saturated rings. The quantitative estimate of drug-likeness (QED) is 0.877. The average Bonchev–Trinajstić information content (AvgIpc) is 2.45. The third kappa shape index (κ3) is 3.54. The molecule has 7 heteroatoms. The van der Waals surface area contributed by atoms with Crippen LogP contribution in [0.1, 0.15) is 11.1 Å². The van der Waals surface area contributed by atoms with E-state index in [9.17, 15) is 8.42 Å². The Bertz CT molecular complexity index is 769. The van der Waals surface area contributed by atoms with Crippen molar-refractivity contribution < 1.29 is 8.42 Å². The molecule has 0 bridgehead atoms. The molecule has 5 nitrogen and oxygen atoms in total. The number of benzene rings is 1. The fourth-order valence-corrected chi connectivity index (χ4v) is 2.83. The maximum Gasteiger partial charge on any atom is 0.241 e. The minimum absolute atomic E-state index is 0.0499. The van der Waals surface area contributed by atoms with Crippen LogP contribution < -0.4 is 4.72 Å². The maximum absolute atomic E-state index is 12.0. The number of pyridine rings is 1. The van der Waals surface area contributed by atoms with Gasteiger partial charge in [0, 0.05) is 12.7 Å². The summed E-state index contributed by atoms with van der Waals surface area (Å²) in [6.07, 6.45) is 1.33. The number of hydrogen-bond donors (Lipinski definition) is 1. The van der Waals surface area contributed by atoms with E-state index in [1.807, 2.05) is 6.07 Å². The monoisotopic (exact) mass is 307 g/mol. The number of halogens is 1. The Morgan fingerprint density at radius 3 is 2.80 bits per heavy atom. The predicted molar refractivity (Wildman–Crippen MR) is 74.4 cm³/mol. The van der Waals surface area contributed by atoms with E-state index in [1.54, 1.807) is 24.3 Å². The third-order valence-electron chi connectivity index (χ3n) is 2.53. The molecule has 0 atom stereocenters. The Hall–Kier alpha value is -1.94. The molecule has 102 valence electrons. The van der Waals surface area contributed by atoms with Crippen LogP contribution in [0.3, 0.4) is 0 Å². The van der Waals surface area contributed by atoms with Gasteiger partial charge < -0.3 is 0 Å². The Labute approximate surface area is 121 Å². The molecule has 2 aromatic rings. The Morgan fingerprint density at radius 1 is 1.30 bits per heavy atom. The second-order valence-electron chi connectivity index (χ2n) is 3.95. The number of nitriles is 1. The first-order valence-electron chi connectivity index (χ1n) is 5.61. The summed E-state index contributed by atoms with van der Waals surface area (Å²) in [5.74, 6) is 0. The minimum Gasteiger partial charge on any atom is -0.244 e. The first kappa shape index (κ1) is 14.5. The summed E-state index contributed by atoms with van der Waals surface area (Å²) in [5, 5.41) is 8.90. The van der Waals surface area contributed by atoms with Crippen molar-refractivity contribution in [2.45, 2.75) is 11.4 Å². The molecule has 0 saturated carbocycles. The molecule has 1 heterocycles. The average molecular weight is 308 g/mol. The summed E-state index contributed by atoms with van der Waals surface area (Å²) < 4.78 is 26.5. The van der Waals surface area contributed by atoms with Crippen molar-refractivity contribution >= 4 is 21.6 Å². The highest BCUT2D eigenvalue weighted by Crippen LogP contribution is 2.13. The number of rotatable bonds is 4. The van der Waals surface area contributed by atoms with Crippen molar-refractivity contribution in [3.63, 3.8) is 0 Å². The van der Waals surface area contributed by atoms with Crippen molar-refractivity contribution in [1.82, 2.24) is 9.71 Å². The lowest BCUT2D eigenvalue weighted by Crippen LogP contribution is -2.23. The van der Waals surface area contributed by atoms with Crippen LogP contribution in [0.25, 0.3) is 0 Å². The van der Waals surface area contributed by atoms with E-state index in [0.29, 0.717) is 11.1 Å². The molecule has 0 radical (unpaired) electrons. The van der Waals surface area contributed by atoms with Gasteiger partial charge in [-0.1, -0.05) is 23.7 Å². The van der Waals surface area contributed by atoms with E-state index in [0.717, 1.165) is 0 Å². The zero-order valence-electron chi connectivity index (χ0n) is 10.2. The summed E-state index contributed by atoms with van der Waals surface area (Å²) in [5.41, 5.74) is 1.18. The van der Waals surface area contributed by atoms with Gasteiger partial charge in [0.1, 0.15) is 5.15 Å². The fraction of sp³-hybridized carbons (Fsp3) is 0.0769. The van der Waals surface area contributed by atoms with Gasteiger partial charge in [0.2, 0.25) is 10.0 Å². The zero-order chi connectivity index (χ0) is 14.6. The van der Waals surface area contributed by atoms with E-state index in [4.69, 9.17) is 16.9 Å². The summed E-state index contributed by atoms with van der Waals surface area (Å²) in [7, 11) is -3.66. The van der Waals surface area contributed by atoms with Crippen molar-refractivity contribution in [3.05, 3.63) is 58.9 Å². The van der Waals surface area contributed by atoms with E-state index in [1.165, 1.54) is 18.3 Å². The SMILES string of the molecule is N#Cc1cccc(CNS(=O)(=O)c2ccnc(Cl)c2)c1. The summed E-state index contributed by atoms with van der Waals surface area (Å²) in [6, 6.07) is 11.4. The molecule has 1 N–H and O–H groups in total. The van der Waals surface area contributed by atoms with Gasteiger partial charge in [-0.3, -0.25) is 0 Å². The summed E-state index contributed by atoms with van der Waals surface area (Å²) in [6.45, 7) is 0.0950. The molecule has 20 heavy (non-hydrogen) atoms. The normalized spacial score (nSPS) is 11.0. The molecular formula is C13H10ClN3O2S. The number of aromatic nitrogens is 1. The van der Waals surface area contributed by atoms with Crippen molar-refractivity contribution in [2.75, 3.05) is 0 Å². The van der Waals surface area contributed by atoms with Gasteiger partial charge in [-0.25, -0.2) is 18.1 Å². The van der Waals surface area contributed by atoms with Crippen LogP contribution in [0, 0.1) is 11.3 Å². The Kier molecular flexibility index (Phi) is 4.35. The van der Waals surface area contributed by atoms with Gasteiger partial charge in [0.05, 0.1) is 16.5 Å². The smallest absolute Gasteiger partial charge is 0.241 e. The van der Waals surface area contributed by atoms with Crippen LogP contribution in [0.15, 0.2) is 47.5 Å². The minimum atomic E-state index is -3.66. The van der Waals surface area contributed by atoms with Gasteiger partial charge in [-0.05, 0) is 29.8 Å². The van der Waals surface area contributed by atoms with E-state index in [-0.39, 0.29) is 16.6 Å². The second-order valence-corrected chi connectivity index (χ2v) is 6.11. The first-order chi connectivity index (χ1) is 9.51. The maximum atomic E-state index is 12.0. The molecule has 1 aromatic carbocycles. The van der Waals surface area contributed by atoms with E-state index in [2.05, 4.69) is 9.71 Å². The largest absolute Gasteiger partial charge is 0.244 e. The standard InChI is InChI=1S/C13H10ClN3O2S/c14-13-7-12(4-5-16-13)20(18,19)17-9-11-3-1-2-10(6-11)8-15/h1-7,17H,9H2. The van der Waals surface area contributed by atoms with Crippen LogP contribution in [0.2, 0.25) is 5.15 Å². The van der Waals surface area contributed by atoms with Gasteiger partial charge >= 0.3 is 0 Å². The van der Waals surface area contributed by atoms with E-state index >= 15 is 0 Å². The molecule has 0 aliphatic rings. The van der Waals surface area contributed by atoms with Gasteiger partial charge in [0.25, 0.3) is 0 Å². The number of sulfonamides is 1. The van der Waals surface area contributed by atoms with Crippen LogP contribution in [-0.2, 0) is 16.6 Å². The molecule has 1 aromatic heterocycles. The molecule has 0 unspecified atom stereocenters. The Balaban J connectivity index is 2.15. The van der Waals surface area contributed by atoms with Crippen LogP contribution in [0.5, 0.6) is 0 Å². The summed E-state index contributed by atoms with van der Waals surface area (Å²) >= 11 is 5.67. The molecule has 2 rings (SSSR count). The van der Waals surface area contributed by atoms with Gasteiger partial charge in [-0.15, -0.1) is 0 Å². The van der Waals surface area contributed by atoms with Crippen molar-refractivity contribution in [1.29, 1.82) is 5.26 Å². The lowest BCUT2D eigenvalue weighted by Gasteiger charge is -2.07. The fourth-order valence-electron chi connectivity index (χ4n) is 1.56. The van der Waals surface area contributed by atoms with Crippen LogP contribution >= 0.6 is 11.6 Å². The lowest BCUT2D eigenvalue weighted by molar-refractivity contribution is 0.581. The Morgan fingerprint density at radius 2 is 2.10 bits per heavy atom. The van der Waals surface area contributed by atoms with Crippen LogP contribution in [0.4, 0.5) is 0 Å². The highest BCUT2D eigenvalue weighted by Gasteiger charge is 2.14. The molecule has 0 aliphatic carbocycles. The number of nitrogens with one attached hydrogen (secondary N) is 1. The molecule has 0 spiro atoms. The third-order valence-corrected chi connectivity index (χ3v) is 4.14. The molecule has 0 saturated heterocycles. The predicted octanol–water partition coefficient (Wildman–Crippen LogP) is 2.09. The molecule has 0 aliphatic heterocycles. The van der Waals surface area contributed by atoms with Crippen LogP contribution in [-0.4, -0.2) is 13.4 Å². The molecule has 0 amide bonds. The second kappa shape index (κ2) is 6.01. The van der Waals surface area contributed by atoms with E-state index < -0.39 is 10.0 Å². The lowest BCUT2D eigenvalue weighted by atomic mass is 10.1. The van der Waals surface area contributed by atoms with Crippen molar-refractivity contribution in [2.24, 2.45) is 0 Å². The summed E-state index contributed by atoms with van der Waals surface area (Å²) in [4.78, 5) is 3.78. The number of nitrogens with zero attached hydrogens (tertiary/aromatic N) is 2. The first-order valence-corrected chi connectivity index (χ1v) is 7.47. The number of hydrogen-bond acceptors (Lipinski definition) is 4. The van der Waals surface area contributed by atoms with Gasteiger partial charge in [0.15, 0.2) is 0 Å². The highest BCUT2D eigenvalue weighted by atomic mass is 35.5. The topological polar surface area (TPSA) is 82.9 Å². The van der Waals surface area contributed by atoms with Crippen molar-refractivity contribution in [3.8, 4) is 6.07 Å². The van der Waals surface area contributed by atoms with Gasteiger partial charge in [-0.2, -0.15) is 5.26 Å². The zero-order valence-corrected chi connectivity index (χ0v) is 11.8.